The molecule has 1 atom stereocenters. The Labute approximate surface area is 161 Å². The fraction of sp³-hybridized carbons (Fsp3) is 0.316. The molecule has 0 amide bonds. The van der Waals surface area contributed by atoms with E-state index in [0.29, 0.717) is 6.54 Å². The molecule has 0 aliphatic rings. The van der Waals surface area contributed by atoms with Gasteiger partial charge in [0.25, 0.3) is 0 Å². The van der Waals surface area contributed by atoms with E-state index in [9.17, 15) is 0 Å². The Morgan fingerprint density at radius 3 is 2.33 bits per heavy atom. The Balaban J connectivity index is 0.00000288. The molecule has 0 aliphatic heterocycles. The highest BCUT2D eigenvalue weighted by Crippen LogP contribution is 2.13. The van der Waals surface area contributed by atoms with E-state index in [1.165, 1.54) is 5.56 Å². The molecule has 0 spiro atoms. The molecule has 2 aromatic rings. The molecular formula is C19H26IN3O. The highest BCUT2D eigenvalue weighted by molar-refractivity contribution is 14.0. The van der Waals surface area contributed by atoms with E-state index in [4.69, 9.17) is 4.74 Å². The summed E-state index contributed by atoms with van der Waals surface area (Å²) in [6.07, 6.45) is 0. The lowest BCUT2D eigenvalue weighted by molar-refractivity contribution is 0.414. The molecule has 2 aromatic carbocycles. The van der Waals surface area contributed by atoms with Gasteiger partial charge in [0.1, 0.15) is 5.75 Å². The maximum Gasteiger partial charge on any atom is 0.192 e. The number of guanidine groups is 1. The summed E-state index contributed by atoms with van der Waals surface area (Å²) >= 11 is 0. The quantitative estimate of drug-likeness (QED) is 0.404. The molecular weight excluding hydrogens is 413 g/mol. The van der Waals surface area contributed by atoms with Crippen LogP contribution in [0.4, 0.5) is 0 Å². The van der Waals surface area contributed by atoms with E-state index in [2.05, 4.69) is 53.7 Å². The van der Waals surface area contributed by atoms with Crippen LogP contribution in [0.1, 0.15) is 31.0 Å². The third-order valence-electron chi connectivity index (χ3n) is 3.58. The monoisotopic (exact) mass is 439 g/mol. The first kappa shape index (κ1) is 20.3. The van der Waals surface area contributed by atoms with E-state index in [0.717, 1.165) is 23.8 Å². The zero-order valence-electron chi connectivity index (χ0n) is 14.5. The molecule has 2 rings (SSSR count). The second-order valence-electron chi connectivity index (χ2n) is 5.32. The number of halogens is 1. The van der Waals surface area contributed by atoms with Gasteiger partial charge in [0.05, 0.1) is 19.7 Å². The predicted molar refractivity (Wildman–Crippen MR) is 111 cm³/mol. The SMILES string of the molecule is CCNC(=NCc1ccc(OC)cc1)NC(C)c1ccccc1.I. The van der Waals surface area contributed by atoms with Gasteiger partial charge in [-0.3, -0.25) is 0 Å². The van der Waals surface area contributed by atoms with E-state index in [-0.39, 0.29) is 30.0 Å². The number of rotatable bonds is 6. The summed E-state index contributed by atoms with van der Waals surface area (Å²) in [5.74, 6) is 1.68. The standard InChI is InChI=1S/C19H25N3O.HI/c1-4-20-19(22-15(2)17-8-6-5-7-9-17)21-14-16-10-12-18(23-3)13-11-16;/h5-13,15H,4,14H2,1-3H3,(H2,20,21,22);1H. The van der Waals surface area contributed by atoms with Crippen LogP contribution in [-0.4, -0.2) is 19.6 Å². The third kappa shape index (κ3) is 6.39. The van der Waals surface area contributed by atoms with Gasteiger partial charge in [-0.25, -0.2) is 4.99 Å². The predicted octanol–water partition coefficient (Wildman–Crippen LogP) is 4.13. The fourth-order valence-electron chi connectivity index (χ4n) is 2.25. The molecule has 0 radical (unpaired) electrons. The summed E-state index contributed by atoms with van der Waals surface area (Å²) in [7, 11) is 1.67. The van der Waals surface area contributed by atoms with Gasteiger partial charge in [-0.05, 0) is 37.1 Å². The normalized spacial score (nSPS) is 12.0. The van der Waals surface area contributed by atoms with Crippen molar-refractivity contribution in [3.05, 3.63) is 65.7 Å². The van der Waals surface area contributed by atoms with Crippen LogP contribution in [0.2, 0.25) is 0 Å². The van der Waals surface area contributed by atoms with Crippen LogP contribution in [-0.2, 0) is 6.54 Å². The van der Waals surface area contributed by atoms with Crippen LogP contribution in [0.15, 0.2) is 59.6 Å². The van der Waals surface area contributed by atoms with Crippen LogP contribution < -0.4 is 15.4 Å². The number of ether oxygens (including phenoxy) is 1. The van der Waals surface area contributed by atoms with Gasteiger partial charge in [-0.15, -0.1) is 24.0 Å². The maximum absolute atomic E-state index is 5.17. The average Bonchev–Trinajstić information content (AvgIpc) is 2.61. The van der Waals surface area contributed by atoms with Crippen molar-refractivity contribution in [2.75, 3.05) is 13.7 Å². The first-order valence-electron chi connectivity index (χ1n) is 7.95. The second-order valence-corrected chi connectivity index (χ2v) is 5.32. The number of nitrogens with one attached hydrogen (secondary N) is 2. The van der Waals surface area contributed by atoms with E-state index >= 15 is 0 Å². The minimum absolute atomic E-state index is 0. The smallest absolute Gasteiger partial charge is 0.192 e. The summed E-state index contributed by atoms with van der Waals surface area (Å²) in [4.78, 5) is 4.66. The zero-order valence-corrected chi connectivity index (χ0v) is 16.8. The highest BCUT2D eigenvalue weighted by atomic mass is 127. The van der Waals surface area contributed by atoms with E-state index in [1.54, 1.807) is 7.11 Å². The Morgan fingerprint density at radius 1 is 1.08 bits per heavy atom. The molecule has 0 aromatic heterocycles. The molecule has 0 aliphatic carbocycles. The fourth-order valence-corrected chi connectivity index (χ4v) is 2.25. The number of hydrogen-bond acceptors (Lipinski definition) is 2. The number of hydrogen-bond donors (Lipinski definition) is 2. The molecule has 0 saturated carbocycles. The summed E-state index contributed by atoms with van der Waals surface area (Å²) in [6.45, 7) is 5.66. The lowest BCUT2D eigenvalue weighted by Crippen LogP contribution is -2.38. The van der Waals surface area contributed by atoms with Crippen LogP contribution in [0.3, 0.4) is 0 Å². The van der Waals surface area contributed by atoms with Crippen LogP contribution in [0.25, 0.3) is 0 Å². The molecule has 1 unspecified atom stereocenters. The van der Waals surface area contributed by atoms with Crippen molar-refractivity contribution < 1.29 is 4.74 Å². The number of aliphatic imine (C=N–C) groups is 1. The van der Waals surface area contributed by atoms with Crippen LogP contribution in [0.5, 0.6) is 5.75 Å². The summed E-state index contributed by atoms with van der Waals surface area (Å²) in [6, 6.07) is 18.5. The molecule has 2 N–H and O–H groups in total. The van der Waals surface area contributed by atoms with E-state index in [1.807, 2.05) is 30.3 Å². The lowest BCUT2D eigenvalue weighted by Gasteiger charge is -2.18. The maximum atomic E-state index is 5.17. The first-order valence-corrected chi connectivity index (χ1v) is 7.95. The molecule has 4 nitrogen and oxygen atoms in total. The Bertz CT molecular complexity index is 614. The van der Waals surface area contributed by atoms with Gasteiger partial charge in [0.2, 0.25) is 0 Å². The topological polar surface area (TPSA) is 45.7 Å². The largest absolute Gasteiger partial charge is 0.497 e. The summed E-state index contributed by atoms with van der Waals surface area (Å²) in [5, 5.41) is 6.73. The number of benzene rings is 2. The average molecular weight is 439 g/mol. The van der Waals surface area contributed by atoms with E-state index < -0.39 is 0 Å². The van der Waals surface area contributed by atoms with Gasteiger partial charge in [0.15, 0.2) is 5.96 Å². The van der Waals surface area contributed by atoms with Gasteiger partial charge in [-0.1, -0.05) is 42.5 Å². The van der Waals surface area contributed by atoms with Crippen molar-refractivity contribution in [1.82, 2.24) is 10.6 Å². The van der Waals surface area contributed by atoms with Crippen molar-refractivity contribution in [2.45, 2.75) is 26.4 Å². The summed E-state index contributed by atoms with van der Waals surface area (Å²) in [5.41, 5.74) is 2.39. The zero-order chi connectivity index (χ0) is 16.5. The summed E-state index contributed by atoms with van der Waals surface area (Å²) < 4.78 is 5.17. The molecule has 0 saturated heterocycles. The lowest BCUT2D eigenvalue weighted by atomic mass is 10.1. The number of methoxy groups -OCH3 is 1. The van der Waals surface area contributed by atoms with Gasteiger partial charge in [-0.2, -0.15) is 0 Å². The van der Waals surface area contributed by atoms with Crippen molar-refractivity contribution in [3.63, 3.8) is 0 Å². The van der Waals surface area contributed by atoms with Crippen molar-refractivity contribution in [2.24, 2.45) is 4.99 Å². The Kier molecular flexibility index (Phi) is 9.22. The Hall–Kier alpha value is -1.76. The van der Waals surface area contributed by atoms with Crippen molar-refractivity contribution >= 4 is 29.9 Å². The van der Waals surface area contributed by atoms with Gasteiger partial charge >= 0.3 is 0 Å². The molecule has 0 heterocycles. The van der Waals surface area contributed by atoms with Crippen LogP contribution in [0, 0.1) is 0 Å². The molecule has 0 fully saturated rings. The van der Waals surface area contributed by atoms with Crippen LogP contribution >= 0.6 is 24.0 Å². The number of nitrogens with zero attached hydrogens (tertiary/aromatic N) is 1. The first-order chi connectivity index (χ1) is 11.2. The van der Waals surface area contributed by atoms with Gasteiger partial charge < -0.3 is 15.4 Å². The van der Waals surface area contributed by atoms with Crippen molar-refractivity contribution in [1.29, 1.82) is 0 Å². The van der Waals surface area contributed by atoms with Gasteiger partial charge in [0, 0.05) is 6.54 Å². The molecule has 0 bridgehead atoms. The molecule has 130 valence electrons. The van der Waals surface area contributed by atoms with Crippen molar-refractivity contribution in [3.8, 4) is 5.75 Å². The third-order valence-corrected chi connectivity index (χ3v) is 3.58. The highest BCUT2D eigenvalue weighted by Gasteiger charge is 2.06. The molecule has 5 heteroatoms. The molecule has 24 heavy (non-hydrogen) atoms. The minimum atomic E-state index is 0. The second kappa shape index (κ2) is 10.9. The minimum Gasteiger partial charge on any atom is -0.497 e. The Morgan fingerprint density at radius 2 is 1.75 bits per heavy atom.